The number of hydrogen-bond donors (Lipinski definition) is 0. The molecule has 0 N–H and O–H groups in total. The van der Waals surface area contributed by atoms with Crippen LogP contribution in [0.5, 0.6) is 5.75 Å². The highest BCUT2D eigenvalue weighted by Crippen LogP contribution is 2.28. The third-order valence-corrected chi connectivity index (χ3v) is 2.97. The van der Waals surface area contributed by atoms with E-state index >= 15 is 0 Å². The van der Waals surface area contributed by atoms with Crippen molar-refractivity contribution in [3.8, 4) is 5.75 Å². The first-order chi connectivity index (χ1) is 6.95. The van der Waals surface area contributed by atoms with Crippen LogP contribution in [-0.4, -0.2) is 15.0 Å². The van der Waals surface area contributed by atoms with Crippen LogP contribution in [0.4, 0.5) is 3.89 Å². The molecule has 0 fully saturated rings. The SMILES string of the molecule is CCCOc1ccc(Br)cc1S(=O)(=O)F. The number of benzene rings is 1. The van der Waals surface area contributed by atoms with Crippen molar-refractivity contribution in [1.82, 2.24) is 0 Å². The molecule has 1 aromatic rings. The molecule has 0 saturated heterocycles. The molecule has 0 unspecified atom stereocenters. The van der Waals surface area contributed by atoms with E-state index in [9.17, 15) is 12.3 Å². The van der Waals surface area contributed by atoms with E-state index in [1.165, 1.54) is 12.1 Å². The van der Waals surface area contributed by atoms with Crippen molar-refractivity contribution in [3.63, 3.8) is 0 Å². The summed E-state index contributed by atoms with van der Waals surface area (Å²) in [7, 11) is -4.74. The van der Waals surface area contributed by atoms with E-state index in [4.69, 9.17) is 4.74 Å². The van der Waals surface area contributed by atoms with E-state index in [0.717, 1.165) is 6.42 Å². The minimum Gasteiger partial charge on any atom is -0.492 e. The largest absolute Gasteiger partial charge is 0.492 e. The number of rotatable bonds is 4. The third kappa shape index (κ3) is 3.46. The molecular weight excluding hydrogens is 287 g/mol. The fourth-order valence-corrected chi connectivity index (χ4v) is 2.15. The second-order valence-corrected chi connectivity index (χ2v) is 5.11. The lowest BCUT2D eigenvalue weighted by molar-refractivity contribution is 0.308. The summed E-state index contributed by atoms with van der Waals surface area (Å²) in [6.07, 6.45) is 0.724. The summed E-state index contributed by atoms with van der Waals surface area (Å²) >= 11 is 3.07. The van der Waals surface area contributed by atoms with Crippen LogP contribution in [0.3, 0.4) is 0 Å². The van der Waals surface area contributed by atoms with Crippen LogP contribution in [0.15, 0.2) is 27.6 Å². The van der Waals surface area contributed by atoms with E-state index in [1.54, 1.807) is 6.07 Å². The lowest BCUT2D eigenvalue weighted by Crippen LogP contribution is -2.01. The van der Waals surface area contributed by atoms with Crippen LogP contribution in [0.1, 0.15) is 13.3 Å². The van der Waals surface area contributed by atoms with E-state index in [2.05, 4.69) is 15.9 Å². The predicted octanol–water partition coefficient (Wildman–Crippen LogP) is 2.90. The number of hydrogen-bond acceptors (Lipinski definition) is 3. The van der Waals surface area contributed by atoms with E-state index in [0.29, 0.717) is 11.1 Å². The molecule has 1 rings (SSSR count). The van der Waals surface area contributed by atoms with Crippen LogP contribution in [0.25, 0.3) is 0 Å². The van der Waals surface area contributed by atoms with Gasteiger partial charge in [0.15, 0.2) is 0 Å². The summed E-state index contributed by atoms with van der Waals surface area (Å²) in [6, 6.07) is 4.20. The van der Waals surface area contributed by atoms with Crippen molar-refractivity contribution >= 4 is 26.2 Å². The maximum absolute atomic E-state index is 12.9. The Morgan fingerprint density at radius 2 is 2.13 bits per heavy atom. The minimum absolute atomic E-state index is 0.0440. The molecule has 0 bridgehead atoms. The molecule has 0 aliphatic rings. The Balaban J connectivity index is 3.15. The lowest BCUT2D eigenvalue weighted by atomic mass is 10.3. The van der Waals surface area contributed by atoms with Crippen molar-refractivity contribution in [2.24, 2.45) is 0 Å². The van der Waals surface area contributed by atoms with Crippen molar-refractivity contribution in [2.75, 3.05) is 6.61 Å². The highest BCUT2D eigenvalue weighted by atomic mass is 79.9. The molecule has 0 aliphatic carbocycles. The fraction of sp³-hybridized carbons (Fsp3) is 0.333. The van der Waals surface area contributed by atoms with Gasteiger partial charge in [-0.25, -0.2) is 0 Å². The van der Waals surface area contributed by atoms with Crippen LogP contribution < -0.4 is 4.74 Å². The van der Waals surface area contributed by atoms with Gasteiger partial charge in [0.1, 0.15) is 10.6 Å². The highest BCUT2D eigenvalue weighted by Gasteiger charge is 2.18. The van der Waals surface area contributed by atoms with E-state index < -0.39 is 15.1 Å². The zero-order valence-electron chi connectivity index (χ0n) is 8.04. The molecular formula is C9H10BrFO3S. The molecule has 0 atom stereocenters. The Bertz CT molecular complexity index is 445. The van der Waals surface area contributed by atoms with Crippen molar-refractivity contribution in [3.05, 3.63) is 22.7 Å². The summed E-state index contributed by atoms with van der Waals surface area (Å²) in [5.41, 5.74) is 0. The van der Waals surface area contributed by atoms with Gasteiger partial charge in [-0.1, -0.05) is 22.9 Å². The zero-order valence-corrected chi connectivity index (χ0v) is 10.4. The van der Waals surface area contributed by atoms with Crippen LogP contribution in [0, 0.1) is 0 Å². The first-order valence-corrected chi connectivity index (χ1v) is 6.50. The van der Waals surface area contributed by atoms with Crippen LogP contribution >= 0.6 is 15.9 Å². The second kappa shape index (κ2) is 4.94. The van der Waals surface area contributed by atoms with Gasteiger partial charge in [0.2, 0.25) is 0 Å². The predicted molar refractivity (Wildman–Crippen MR) is 58.2 cm³/mol. The molecule has 0 saturated carbocycles. The molecule has 0 spiro atoms. The van der Waals surface area contributed by atoms with Crippen molar-refractivity contribution in [1.29, 1.82) is 0 Å². The van der Waals surface area contributed by atoms with Gasteiger partial charge in [-0.3, -0.25) is 0 Å². The van der Waals surface area contributed by atoms with Gasteiger partial charge in [-0.15, -0.1) is 3.89 Å². The minimum atomic E-state index is -4.74. The summed E-state index contributed by atoms with van der Waals surface area (Å²) in [6.45, 7) is 2.23. The second-order valence-electron chi connectivity index (χ2n) is 2.88. The summed E-state index contributed by atoms with van der Waals surface area (Å²) in [4.78, 5) is -0.440. The quantitative estimate of drug-likeness (QED) is 0.803. The number of ether oxygens (including phenoxy) is 1. The maximum atomic E-state index is 12.9. The normalized spacial score (nSPS) is 11.4. The smallest absolute Gasteiger partial charge is 0.335 e. The van der Waals surface area contributed by atoms with Gasteiger partial charge in [0.05, 0.1) is 6.61 Å². The molecule has 0 aromatic heterocycles. The Morgan fingerprint density at radius 3 is 2.67 bits per heavy atom. The van der Waals surface area contributed by atoms with Gasteiger partial charge >= 0.3 is 10.2 Å². The molecule has 0 radical (unpaired) electrons. The van der Waals surface area contributed by atoms with Crippen LogP contribution in [-0.2, 0) is 10.2 Å². The van der Waals surface area contributed by atoms with Gasteiger partial charge in [0, 0.05) is 4.47 Å². The Morgan fingerprint density at radius 1 is 1.47 bits per heavy atom. The summed E-state index contributed by atoms with van der Waals surface area (Å²) < 4.78 is 40.1. The number of halogens is 2. The Hall–Kier alpha value is -0.620. The summed E-state index contributed by atoms with van der Waals surface area (Å²) in [5.74, 6) is 0.0440. The standard InChI is InChI=1S/C9H10BrFO3S/c1-2-5-14-8-4-3-7(10)6-9(8)15(11,12)13/h3-4,6H,2,5H2,1H3. The van der Waals surface area contributed by atoms with E-state index in [-0.39, 0.29) is 5.75 Å². The van der Waals surface area contributed by atoms with Gasteiger partial charge in [-0.2, -0.15) is 8.42 Å². The van der Waals surface area contributed by atoms with Crippen molar-refractivity contribution < 1.29 is 17.0 Å². The van der Waals surface area contributed by atoms with Crippen molar-refractivity contribution in [2.45, 2.75) is 18.2 Å². The van der Waals surface area contributed by atoms with Gasteiger partial charge < -0.3 is 4.74 Å². The first kappa shape index (κ1) is 12.4. The average molecular weight is 297 g/mol. The molecule has 3 nitrogen and oxygen atoms in total. The molecule has 15 heavy (non-hydrogen) atoms. The van der Waals surface area contributed by atoms with Gasteiger partial charge in [-0.05, 0) is 24.6 Å². The Kier molecular flexibility index (Phi) is 4.10. The molecule has 1 aromatic carbocycles. The first-order valence-electron chi connectivity index (χ1n) is 4.32. The maximum Gasteiger partial charge on any atom is 0.335 e. The molecule has 0 amide bonds. The molecule has 0 aliphatic heterocycles. The Labute approximate surface area is 96.6 Å². The van der Waals surface area contributed by atoms with Gasteiger partial charge in [0.25, 0.3) is 0 Å². The molecule has 0 heterocycles. The zero-order chi connectivity index (χ0) is 11.5. The molecule has 84 valence electrons. The summed E-state index contributed by atoms with van der Waals surface area (Å²) in [5, 5.41) is 0. The lowest BCUT2D eigenvalue weighted by Gasteiger charge is -2.08. The average Bonchev–Trinajstić information content (AvgIpc) is 2.14. The van der Waals surface area contributed by atoms with E-state index in [1.807, 2.05) is 6.92 Å². The monoisotopic (exact) mass is 296 g/mol. The third-order valence-electron chi connectivity index (χ3n) is 1.63. The fourth-order valence-electron chi connectivity index (χ4n) is 1.00. The van der Waals surface area contributed by atoms with Crippen LogP contribution in [0.2, 0.25) is 0 Å². The highest BCUT2D eigenvalue weighted by molar-refractivity contribution is 9.10. The topological polar surface area (TPSA) is 43.4 Å². The molecule has 6 heteroatoms.